The van der Waals surface area contributed by atoms with Gasteiger partial charge in [0.25, 0.3) is 11.6 Å². The van der Waals surface area contributed by atoms with E-state index in [1.165, 1.54) is 24.3 Å². The Morgan fingerprint density at radius 2 is 2.00 bits per heavy atom. The molecular weight excluding hydrogens is 380 g/mol. The lowest BCUT2D eigenvalue weighted by atomic mass is 10.1. The number of nitrogens with zero attached hydrogens (tertiary/aromatic N) is 4. The van der Waals surface area contributed by atoms with Gasteiger partial charge < -0.3 is 4.90 Å². The molecule has 0 fully saturated rings. The number of benzene rings is 2. The van der Waals surface area contributed by atoms with Crippen molar-refractivity contribution in [3.63, 3.8) is 0 Å². The fraction of sp³-hybridized carbons (Fsp3) is 0.0500. The van der Waals surface area contributed by atoms with Crippen molar-refractivity contribution in [2.24, 2.45) is 9.98 Å². The minimum Gasteiger partial charge on any atom is -0.327 e. The van der Waals surface area contributed by atoms with Crippen LogP contribution in [0.15, 0.2) is 81.9 Å². The molecular formula is C20H13ClN4O3. The molecule has 7 nitrogen and oxygen atoms in total. The van der Waals surface area contributed by atoms with Crippen molar-refractivity contribution in [2.45, 2.75) is 6.54 Å². The van der Waals surface area contributed by atoms with Crippen LogP contribution in [0.25, 0.3) is 0 Å². The number of carbonyl (C=O) groups excluding carboxylic acids is 1. The Bertz CT molecular complexity index is 1120. The fourth-order valence-electron chi connectivity index (χ4n) is 2.96. The summed E-state index contributed by atoms with van der Waals surface area (Å²) in [6.07, 6.45) is 5.23. The molecule has 0 bridgehead atoms. The fourth-order valence-corrected chi connectivity index (χ4v) is 3.14. The van der Waals surface area contributed by atoms with Gasteiger partial charge in [-0.05, 0) is 23.8 Å². The first kappa shape index (κ1) is 17.8. The summed E-state index contributed by atoms with van der Waals surface area (Å²) in [7, 11) is 0. The number of hydrogen-bond donors (Lipinski definition) is 0. The zero-order chi connectivity index (χ0) is 19.7. The molecule has 0 saturated carbocycles. The molecule has 0 atom stereocenters. The predicted octanol–water partition coefficient (Wildman–Crippen LogP) is 4.05. The Morgan fingerprint density at radius 1 is 1.18 bits per heavy atom. The van der Waals surface area contributed by atoms with E-state index < -0.39 is 10.8 Å². The lowest BCUT2D eigenvalue weighted by Crippen LogP contribution is -2.25. The van der Waals surface area contributed by atoms with E-state index in [0.29, 0.717) is 17.4 Å². The number of non-ortho nitro benzene ring substituents is 1. The van der Waals surface area contributed by atoms with Gasteiger partial charge in [0, 0.05) is 36.0 Å². The second-order valence-electron chi connectivity index (χ2n) is 6.15. The summed E-state index contributed by atoms with van der Waals surface area (Å²) in [6.45, 7) is 0.527. The second kappa shape index (κ2) is 7.21. The number of nitro groups is 1. The van der Waals surface area contributed by atoms with Gasteiger partial charge in [-0.3, -0.25) is 14.9 Å². The van der Waals surface area contributed by atoms with Gasteiger partial charge in [0.05, 0.1) is 9.96 Å². The van der Waals surface area contributed by atoms with E-state index >= 15 is 0 Å². The van der Waals surface area contributed by atoms with Gasteiger partial charge in [0.2, 0.25) is 0 Å². The molecule has 0 unspecified atom stereocenters. The molecule has 2 aliphatic heterocycles. The standard InChI is InChI=1S/C20H13ClN4O3/c21-15-8-9-18-22-19(17-7-2-1-4-14(17)11-24(18)12-15)23-20(26)13-5-3-6-16(10-13)25(27)28/h1-10,12H,11H2. The van der Waals surface area contributed by atoms with Gasteiger partial charge in [0.1, 0.15) is 5.84 Å². The number of amidine groups is 2. The lowest BCUT2D eigenvalue weighted by Gasteiger charge is -2.21. The number of halogens is 1. The van der Waals surface area contributed by atoms with Gasteiger partial charge in [-0.2, -0.15) is 4.99 Å². The molecule has 8 heteroatoms. The highest BCUT2D eigenvalue weighted by Crippen LogP contribution is 2.23. The molecule has 2 aromatic rings. The molecule has 28 heavy (non-hydrogen) atoms. The van der Waals surface area contributed by atoms with Gasteiger partial charge in [-0.15, -0.1) is 0 Å². The molecule has 0 aromatic heterocycles. The zero-order valence-corrected chi connectivity index (χ0v) is 15.2. The number of fused-ring (bicyclic) bond motifs is 2. The van der Waals surface area contributed by atoms with E-state index in [0.717, 1.165) is 11.1 Å². The third-order valence-electron chi connectivity index (χ3n) is 4.30. The number of rotatable bonds is 2. The molecule has 0 N–H and O–H groups in total. The van der Waals surface area contributed by atoms with E-state index in [1.54, 1.807) is 18.4 Å². The molecule has 2 aliphatic rings. The topological polar surface area (TPSA) is 88.2 Å². The van der Waals surface area contributed by atoms with E-state index in [4.69, 9.17) is 11.6 Å². The minimum absolute atomic E-state index is 0.127. The van der Waals surface area contributed by atoms with Crippen molar-refractivity contribution in [3.05, 3.63) is 98.7 Å². The molecule has 0 spiro atoms. The highest BCUT2D eigenvalue weighted by molar-refractivity contribution is 6.32. The largest absolute Gasteiger partial charge is 0.327 e. The molecule has 2 aromatic carbocycles. The van der Waals surface area contributed by atoms with Crippen molar-refractivity contribution in [1.29, 1.82) is 0 Å². The first-order chi connectivity index (χ1) is 13.5. The van der Waals surface area contributed by atoms with Crippen LogP contribution in [-0.4, -0.2) is 27.4 Å². The number of nitro benzene ring substituents is 1. The maximum atomic E-state index is 12.7. The SMILES string of the molecule is O=C(N=C1N=C2C=CC(Cl)=CN2Cc2ccccc21)c1cccc([N+](=O)[O-])c1. The van der Waals surface area contributed by atoms with Crippen LogP contribution < -0.4 is 0 Å². The van der Waals surface area contributed by atoms with E-state index in [2.05, 4.69) is 9.98 Å². The summed E-state index contributed by atoms with van der Waals surface area (Å²) < 4.78 is 0. The number of aliphatic imine (C=N–C) groups is 2. The number of hydrogen-bond acceptors (Lipinski definition) is 4. The second-order valence-corrected chi connectivity index (χ2v) is 6.59. The van der Waals surface area contributed by atoms with Crippen LogP contribution in [0.1, 0.15) is 21.5 Å². The third kappa shape index (κ3) is 3.47. The first-order valence-corrected chi connectivity index (χ1v) is 8.75. The Labute approximate surface area is 165 Å². The smallest absolute Gasteiger partial charge is 0.279 e. The normalized spacial score (nSPS) is 16.6. The van der Waals surface area contributed by atoms with E-state index in [1.807, 2.05) is 29.2 Å². The summed E-state index contributed by atoms with van der Waals surface area (Å²) in [5, 5.41) is 11.5. The van der Waals surface area contributed by atoms with Crippen LogP contribution in [0.2, 0.25) is 0 Å². The molecule has 0 radical (unpaired) electrons. The van der Waals surface area contributed by atoms with Crippen LogP contribution in [0.3, 0.4) is 0 Å². The lowest BCUT2D eigenvalue weighted by molar-refractivity contribution is -0.384. The van der Waals surface area contributed by atoms with Crippen LogP contribution >= 0.6 is 11.6 Å². The molecule has 0 aliphatic carbocycles. The Morgan fingerprint density at radius 3 is 2.82 bits per heavy atom. The number of allylic oxidation sites excluding steroid dienone is 2. The maximum absolute atomic E-state index is 12.7. The summed E-state index contributed by atoms with van der Waals surface area (Å²) >= 11 is 6.10. The van der Waals surface area contributed by atoms with Crippen molar-refractivity contribution in [2.75, 3.05) is 0 Å². The Kier molecular flexibility index (Phi) is 4.58. The monoisotopic (exact) mass is 392 g/mol. The van der Waals surface area contributed by atoms with Gasteiger partial charge >= 0.3 is 0 Å². The highest BCUT2D eigenvalue weighted by Gasteiger charge is 2.22. The predicted molar refractivity (Wildman–Crippen MR) is 106 cm³/mol. The molecule has 4 rings (SSSR count). The van der Waals surface area contributed by atoms with Crippen molar-refractivity contribution >= 4 is 34.9 Å². The molecule has 1 amide bonds. The van der Waals surface area contributed by atoms with Crippen molar-refractivity contribution < 1.29 is 9.72 Å². The summed E-state index contributed by atoms with van der Waals surface area (Å²) in [5.74, 6) is 0.256. The quantitative estimate of drug-likeness (QED) is 0.569. The van der Waals surface area contributed by atoms with Crippen LogP contribution in [0.4, 0.5) is 5.69 Å². The Hall–Kier alpha value is -3.58. The van der Waals surface area contributed by atoms with Crippen molar-refractivity contribution in [3.8, 4) is 0 Å². The van der Waals surface area contributed by atoms with Crippen molar-refractivity contribution in [1.82, 2.24) is 4.90 Å². The van der Waals surface area contributed by atoms with Crippen LogP contribution in [0.5, 0.6) is 0 Å². The minimum atomic E-state index is -0.598. The van der Waals surface area contributed by atoms with E-state index in [-0.39, 0.29) is 17.1 Å². The summed E-state index contributed by atoms with van der Waals surface area (Å²) in [4.78, 5) is 33.7. The summed E-state index contributed by atoms with van der Waals surface area (Å²) in [6, 6.07) is 13.0. The van der Waals surface area contributed by atoms with Gasteiger partial charge in [-0.1, -0.05) is 41.9 Å². The highest BCUT2D eigenvalue weighted by atomic mass is 35.5. The number of carbonyl (C=O) groups is 1. The summed E-state index contributed by atoms with van der Waals surface area (Å²) in [5.41, 5.74) is 1.62. The molecule has 138 valence electrons. The number of amides is 1. The first-order valence-electron chi connectivity index (χ1n) is 8.38. The van der Waals surface area contributed by atoms with Gasteiger partial charge in [-0.25, -0.2) is 4.99 Å². The van der Waals surface area contributed by atoms with Crippen LogP contribution in [0, 0.1) is 10.1 Å². The average Bonchev–Trinajstić information content (AvgIpc) is 2.84. The average molecular weight is 393 g/mol. The van der Waals surface area contributed by atoms with Crippen LogP contribution in [-0.2, 0) is 6.54 Å². The Balaban J connectivity index is 1.80. The maximum Gasteiger partial charge on any atom is 0.279 e. The molecule has 2 heterocycles. The molecule has 0 saturated heterocycles. The third-order valence-corrected chi connectivity index (χ3v) is 4.52. The van der Waals surface area contributed by atoms with Gasteiger partial charge in [0.15, 0.2) is 5.84 Å². The van der Waals surface area contributed by atoms with E-state index in [9.17, 15) is 14.9 Å². The zero-order valence-electron chi connectivity index (χ0n) is 14.4.